The van der Waals surface area contributed by atoms with Gasteiger partial charge in [0.15, 0.2) is 0 Å². The highest BCUT2D eigenvalue weighted by molar-refractivity contribution is 4.74. The van der Waals surface area contributed by atoms with Gasteiger partial charge >= 0.3 is 0 Å². The zero-order valence-electron chi connectivity index (χ0n) is 9.92. The largest absolute Gasteiger partial charge is 0.316 e. The van der Waals surface area contributed by atoms with Gasteiger partial charge in [-0.3, -0.25) is 4.90 Å². The van der Waals surface area contributed by atoms with Gasteiger partial charge in [0.2, 0.25) is 0 Å². The highest BCUT2D eigenvalue weighted by Gasteiger charge is 2.16. The molecule has 0 aromatic carbocycles. The first kappa shape index (κ1) is 12.0. The topological polar surface area (TPSA) is 18.5 Å². The van der Waals surface area contributed by atoms with E-state index in [0.717, 1.165) is 0 Å². The van der Waals surface area contributed by atoms with Crippen LogP contribution in [0.2, 0.25) is 0 Å². The molecule has 1 atom stereocenters. The zero-order chi connectivity index (χ0) is 10.4. The Kier molecular flexibility index (Phi) is 5.45. The second kappa shape index (κ2) is 6.38. The Balaban J connectivity index is 2.15. The number of rotatable bonds is 5. The summed E-state index contributed by atoms with van der Waals surface area (Å²) in [4.78, 5) is 5.13. The highest BCUT2D eigenvalue weighted by Crippen LogP contribution is 2.02. The lowest BCUT2D eigenvalue weighted by Gasteiger charge is -2.35. The molecule has 3 nitrogen and oxygen atoms in total. The average molecular weight is 199 g/mol. The van der Waals surface area contributed by atoms with E-state index in [4.69, 9.17) is 0 Å². The SMILES string of the molecule is CCCN1CCN(CC(C)NC)CC1. The fourth-order valence-corrected chi connectivity index (χ4v) is 1.99. The summed E-state index contributed by atoms with van der Waals surface area (Å²) in [6.45, 7) is 12.0. The first-order chi connectivity index (χ1) is 6.76. The summed E-state index contributed by atoms with van der Waals surface area (Å²) in [5.74, 6) is 0. The van der Waals surface area contributed by atoms with Crippen molar-refractivity contribution in [2.75, 3.05) is 46.3 Å². The molecule has 0 saturated carbocycles. The Morgan fingerprint density at radius 2 is 1.71 bits per heavy atom. The molecule has 1 fully saturated rings. The molecule has 0 aromatic rings. The van der Waals surface area contributed by atoms with E-state index in [-0.39, 0.29) is 0 Å². The van der Waals surface area contributed by atoms with Gasteiger partial charge in [0.1, 0.15) is 0 Å². The molecule has 14 heavy (non-hydrogen) atoms. The first-order valence-corrected chi connectivity index (χ1v) is 5.88. The van der Waals surface area contributed by atoms with Crippen LogP contribution < -0.4 is 5.32 Å². The van der Waals surface area contributed by atoms with Crippen molar-refractivity contribution in [3.05, 3.63) is 0 Å². The smallest absolute Gasteiger partial charge is 0.0163 e. The first-order valence-electron chi connectivity index (χ1n) is 5.88. The molecule has 0 amide bonds. The molecule has 0 spiro atoms. The average Bonchev–Trinajstić information content (AvgIpc) is 2.21. The maximum absolute atomic E-state index is 3.29. The third kappa shape index (κ3) is 3.95. The third-order valence-electron chi connectivity index (χ3n) is 3.03. The molecule has 0 aromatic heterocycles. The summed E-state index contributed by atoms with van der Waals surface area (Å²) in [6.07, 6.45) is 1.28. The van der Waals surface area contributed by atoms with Gasteiger partial charge in [-0.2, -0.15) is 0 Å². The van der Waals surface area contributed by atoms with E-state index < -0.39 is 0 Å². The Labute approximate surface area is 88.5 Å². The van der Waals surface area contributed by atoms with Gasteiger partial charge in [-0.15, -0.1) is 0 Å². The molecule has 1 saturated heterocycles. The lowest BCUT2D eigenvalue weighted by atomic mass is 10.2. The van der Waals surface area contributed by atoms with E-state index >= 15 is 0 Å². The van der Waals surface area contributed by atoms with Crippen molar-refractivity contribution in [3.63, 3.8) is 0 Å². The van der Waals surface area contributed by atoms with Crippen LogP contribution in [0.15, 0.2) is 0 Å². The van der Waals surface area contributed by atoms with Gasteiger partial charge in [-0.05, 0) is 26.9 Å². The third-order valence-corrected chi connectivity index (χ3v) is 3.03. The second-order valence-electron chi connectivity index (χ2n) is 4.33. The monoisotopic (exact) mass is 199 g/mol. The standard InChI is InChI=1S/C11H25N3/c1-4-5-13-6-8-14(9-7-13)10-11(2)12-3/h11-12H,4-10H2,1-3H3. The molecule has 0 aliphatic carbocycles. The van der Waals surface area contributed by atoms with Crippen LogP contribution in [0.25, 0.3) is 0 Å². The van der Waals surface area contributed by atoms with E-state index in [1.54, 1.807) is 0 Å². The summed E-state index contributed by atoms with van der Waals surface area (Å²) in [5.41, 5.74) is 0. The van der Waals surface area contributed by atoms with Gasteiger partial charge in [-0.1, -0.05) is 6.92 Å². The van der Waals surface area contributed by atoms with Crippen molar-refractivity contribution in [2.45, 2.75) is 26.3 Å². The van der Waals surface area contributed by atoms with Gasteiger partial charge < -0.3 is 10.2 Å². The van der Waals surface area contributed by atoms with Crippen LogP contribution in [0.4, 0.5) is 0 Å². The summed E-state index contributed by atoms with van der Waals surface area (Å²) in [7, 11) is 2.04. The minimum absolute atomic E-state index is 0.618. The van der Waals surface area contributed by atoms with Crippen molar-refractivity contribution in [2.24, 2.45) is 0 Å². The van der Waals surface area contributed by atoms with Gasteiger partial charge in [-0.25, -0.2) is 0 Å². The number of hydrogen-bond donors (Lipinski definition) is 1. The van der Waals surface area contributed by atoms with Crippen LogP contribution in [0.5, 0.6) is 0 Å². The molecule has 1 aliphatic rings. The van der Waals surface area contributed by atoms with Gasteiger partial charge in [0.25, 0.3) is 0 Å². The number of nitrogens with zero attached hydrogens (tertiary/aromatic N) is 2. The fourth-order valence-electron chi connectivity index (χ4n) is 1.99. The molecule has 0 radical (unpaired) electrons. The summed E-state index contributed by atoms with van der Waals surface area (Å²) >= 11 is 0. The Morgan fingerprint density at radius 1 is 1.14 bits per heavy atom. The van der Waals surface area contributed by atoms with Crippen LogP contribution in [-0.2, 0) is 0 Å². The summed E-state index contributed by atoms with van der Waals surface area (Å²) in [6, 6.07) is 0.618. The molecule has 84 valence electrons. The molecule has 1 aliphatic heterocycles. The van der Waals surface area contributed by atoms with E-state index in [1.165, 1.54) is 45.7 Å². The molecular weight excluding hydrogens is 174 g/mol. The van der Waals surface area contributed by atoms with Crippen LogP contribution in [0.3, 0.4) is 0 Å². The second-order valence-corrected chi connectivity index (χ2v) is 4.33. The number of hydrogen-bond acceptors (Lipinski definition) is 3. The quantitative estimate of drug-likeness (QED) is 0.700. The van der Waals surface area contributed by atoms with Crippen LogP contribution in [0.1, 0.15) is 20.3 Å². The Hall–Kier alpha value is -0.120. The maximum Gasteiger partial charge on any atom is 0.0163 e. The Bertz CT molecular complexity index is 141. The van der Waals surface area contributed by atoms with Gasteiger partial charge in [0.05, 0.1) is 0 Å². The number of likely N-dealkylation sites (N-methyl/N-ethyl adjacent to an activating group) is 1. The minimum atomic E-state index is 0.618. The van der Waals surface area contributed by atoms with Crippen LogP contribution in [0, 0.1) is 0 Å². The number of nitrogens with one attached hydrogen (secondary N) is 1. The highest BCUT2D eigenvalue weighted by atomic mass is 15.3. The summed E-state index contributed by atoms with van der Waals surface area (Å²) < 4.78 is 0. The minimum Gasteiger partial charge on any atom is -0.316 e. The van der Waals surface area contributed by atoms with Crippen LogP contribution >= 0.6 is 0 Å². The van der Waals surface area contributed by atoms with E-state index in [1.807, 2.05) is 7.05 Å². The van der Waals surface area contributed by atoms with Gasteiger partial charge in [0, 0.05) is 38.8 Å². The van der Waals surface area contributed by atoms with E-state index in [0.29, 0.717) is 6.04 Å². The Morgan fingerprint density at radius 3 is 2.21 bits per heavy atom. The number of piperazine rings is 1. The molecule has 1 N–H and O–H groups in total. The predicted molar refractivity (Wildman–Crippen MR) is 61.7 cm³/mol. The molecular formula is C11H25N3. The van der Waals surface area contributed by atoms with Crippen molar-refractivity contribution >= 4 is 0 Å². The molecule has 1 heterocycles. The van der Waals surface area contributed by atoms with Crippen molar-refractivity contribution in [3.8, 4) is 0 Å². The van der Waals surface area contributed by atoms with E-state index in [9.17, 15) is 0 Å². The lowest BCUT2D eigenvalue weighted by molar-refractivity contribution is 0.126. The van der Waals surface area contributed by atoms with Crippen LogP contribution in [-0.4, -0.2) is 62.2 Å². The van der Waals surface area contributed by atoms with E-state index in [2.05, 4.69) is 29.0 Å². The molecule has 1 unspecified atom stereocenters. The molecule has 3 heteroatoms. The van der Waals surface area contributed by atoms with Crippen molar-refractivity contribution < 1.29 is 0 Å². The maximum atomic E-state index is 3.29. The molecule has 0 bridgehead atoms. The normalized spacial score (nSPS) is 22.5. The molecule has 1 rings (SSSR count). The summed E-state index contributed by atoms with van der Waals surface area (Å²) in [5, 5.41) is 3.29. The van der Waals surface area contributed by atoms with Crippen molar-refractivity contribution in [1.29, 1.82) is 0 Å². The fraction of sp³-hybridized carbons (Fsp3) is 1.00. The zero-order valence-corrected chi connectivity index (χ0v) is 9.92. The lowest BCUT2D eigenvalue weighted by Crippen LogP contribution is -2.49. The predicted octanol–water partition coefficient (Wildman–Crippen LogP) is 0.622. The van der Waals surface area contributed by atoms with Crippen molar-refractivity contribution in [1.82, 2.24) is 15.1 Å².